The summed E-state index contributed by atoms with van der Waals surface area (Å²) in [7, 11) is 0. The number of nitrogens with zero attached hydrogens (tertiary/aromatic N) is 2. The van der Waals surface area contributed by atoms with Crippen molar-refractivity contribution in [2.24, 2.45) is 0 Å². The highest BCUT2D eigenvalue weighted by Crippen LogP contribution is 2.01. The highest BCUT2D eigenvalue weighted by Gasteiger charge is 2.08. The van der Waals surface area contributed by atoms with Crippen LogP contribution in [0.2, 0.25) is 0 Å². The Morgan fingerprint density at radius 3 is 2.82 bits per heavy atom. The predicted molar refractivity (Wildman–Crippen MR) is 65.6 cm³/mol. The number of carbonyl (C=O) groups is 1. The summed E-state index contributed by atoms with van der Waals surface area (Å²) in [5.41, 5.74) is 1.87. The molecule has 96 valence electrons. The number of aromatic nitrogens is 2. The van der Waals surface area contributed by atoms with E-state index in [2.05, 4.69) is 10.4 Å². The third kappa shape index (κ3) is 4.56. The summed E-state index contributed by atoms with van der Waals surface area (Å²) < 4.78 is 1.66. The van der Waals surface area contributed by atoms with Crippen molar-refractivity contribution in [1.29, 1.82) is 0 Å². The van der Waals surface area contributed by atoms with Gasteiger partial charge in [-0.3, -0.25) is 9.48 Å². The molecule has 5 nitrogen and oxygen atoms in total. The van der Waals surface area contributed by atoms with Crippen molar-refractivity contribution in [2.45, 2.75) is 46.3 Å². The van der Waals surface area contributed by atoms with Gasteiger partial charge < -0.3 is 10.4 Å². The molecule has 1 heterocycles. The molecule has 0 aliphatic heterocycles. The van der Waals surface area contributed by atoms with Crippen LogP contribution in [-0.4, -0.2) is 33.4 Å². The smallest absolute Gasteiger partial charge is 0.241 e. The minimum Gasteiger partial charge on any atom is -0.391 e. The lowest BCUT2D eigenvalue weighted by Gasteiger charge is -2.11. The van der Waals surface area contributed by atoms with E-state index >= 15 is 0 Å². The third-order valence-electron chi connectivity index (χ3n) is 2.55. The van der Waals surface area contributed by atoms with Crippen LogP contribution in [-0.2, 0) is 11.3 Å². The summed E-state index contributed by atoms with van der Waals surface area (Å²) >= 11 is 0. The summed E-state index contributed by atoms with van der Waals surface area (Å²) in [6, 6.07) is 1.93. The SMILES string of the molecule is CCCC(O)CNC(=O)Cn1nc(C)cc1C. The molecule has 0 aliphatic rings. The van der Waals surface area contributed by atoms with Gasteiger partial charge in [0, 0.05) is 12.2 Å². The Bertz CT molecular complexity index is 374. The van der Waals surface area contributed by atoms with E-state index in [4.69, 9.17) is 0 Å². The summed E-state index contributed by atoms with van der Waals surface area (Å²) in [5.74, 6) is -0.119. The minimum absolute atomic E-state index is 0.119. The first-order valence-corrected chi connectivity index (χ1v) is 5.98. The van der Waals surface area contributed by atoms with Crippen LogP contribution in [0, 0.1) is 13.8 Å². The largest absolute Gasteiger partial charge is 0.391 e. The van der Waals surface area contributed by atoms with E-state index in [-0.39, 0.29) is 12.5 Å². The Kier molecular flexibility index (Phi) is 5.15. The first-order chi connectivity index (χ1) is 8.02. The summed E-state index contributed by atoms with van der Waals surface area (Å²) in [6.07, 6.45) is 1.17. The highest BCUT2D eigenvalue weighted by atomic mass is 16.3. The van der Waals surface area contributed by atoms with E-state index in [1.54, 1.807) is 4.68 Å². The predicted octanol–water partition coefficient (Wildman–Crippen LogP) is 0.777. The molecule has 0 fully saturated rings. The molecule has 5 heteroatoms. The molecule has 1 rings (SSSR count). The van der Waals surface area contributed by atoms with Crippen molar-refractivity contribution in [1.82, 2.24) is 15.1 Å². The zero-order valence-corrected chi connectivity index (χ0v) is 10.7. The lowest BCUT2D eigenvalue weighted by molar-refractivity contribution is -0.122. The Labute approximate surface area is 102 Å². The van der Waals surface area contributed by atoms with Gasteiger partial charge in [0.2, 0.25) is 5.91 Å². The molecule has 0 bridgehead atoms. The van der Waals surface area contributed by atoms with Gasteiger partial charge in [-0.15, -0.1) is 0 Å². The maximum atomic E-state index is 11.6. The van der Waals surface area contributed by atoms with E-state index < -0.39 is 6.10 Å². The molecule has 2 N–H and O–H groups in total. The molecule has 1 unspecified atom stereocenters. The number of rotatable bonds is 6. The van der Waals surface area contributed by atoms with Crippen LogP contribution in [0.4, 0.5) is 0 Å². The number of hydrogen-bond acceptors (Lipinski definition) is 3. The van der Waals surface area contributed by atoms with Gasteiger partial charge in [-0.05, 0) is 26.3 Å². The molecule has 0 aliphatic carbocycles. The monoisotopic (exact) mass is 239 g/mol. The van der Waals surface area contributed by atoms with Gasteiger partial charge in [0.25, 0.3) is 0 Å². The molecule has 1 atom stereocenters. The average molecular weight is 239 g/mol. The van der Waals surface area contributed by atoms with Crippen LogP contribution >= 0.6 is 0 Å². The van der Waals surface area contributed by atoms with Crippen LogP contribution in [0.15, 0.2) is 6.07 Å². The summed E-state index contributed by atoms with van der Waals surface area (Å²) in [4.78, 5) is 11.6. The molecule has 0 saturated heterocycles. The maximum absolute atomic E-state index is 11.6. The summed E-state index contributed by atoms with van der Waals surface area (Å²) in [5, 5.41) is 16.4. The second kappa shape index (κ2) is 6.39. The first-order valence-electron chi connectivity index (χ1n) is 5.98. The maximum Gasteiger partial charge on any atom is 0.241 e. The van der Waals surface area contributed by atoms with Crippen molar-refractivity contribution in [3.05, 3.63) is 17.5 Å². The van der Waals surface area contributed by atoms with E-state index in [1.165, 1.54) is 0 Å². The zero-order valence-electron chi connectivity index (χ0n) is 10.7. The van der Waals surface area contributed by atoms with Crippen LogP contribution in [0.25, 0.3) is 0 Å². The fourth-order valence-corrected chi connectivity index (χ4v) is 1.69. The molecule has 0 spiro atoms. The van der Waals surface area contributed by atoms with E-state index in [0.29, 0.717) is 13.0 Å². The molecular formula is C12H21N3O2. The fourth-order valence-electron chi connectivity index (χ4n) is 1.69. The van der Waals surface area contributed by atoms with Gasteiger partial charge in [0.15, 0.2) is 0 Å². The van der Waals surface area contributed by atoms with Crippen molar-refractivity contribution in [3.8, 4) is 0 Å². The van der Waals surface area contributed by atoms with Crippen molar-refractivity contribution in [2.75, 3.05) is 6.54 Å². The van der Waals surface area contributed by atoms with E-state index in [9.17, 15) is 9.90 Å². The third-order valence-corrected chi connectivity index (χ3v) is 2.55. The molecule has 17 heavy (non-hydrogen) atoms. The fraction of sp³-hybridized carbons (Fsp3) is 0.667. The van der Waals surface area contributed by atoms with Gasteiger partial charge in [0.1, 0.15) is 6.54 Å². The molecule has 0 saturated carbocycles. The quantitative estimate of drug-likeness (QED) is 0.770. The van der Waals surface area contributed by atoms with E-state index in [1.807, 2.05) is 26.8 Å². The van der Waals surface area contributed by atoms with Gasteiger partial charge in [-0.25, -0.2) is 0 Å². The normalized spacial score (nSPS) is 12.5. The Hall–Kier alpha value is -1.36. The van der Waals surface area contributed by atoms with E-state index in [0.717, 1.165) is 17.8 Å². The van der Waals surface area contributed by atoms with Crippen molar-refractivity contribution < 1.29 is 9.90 Å². The Morgan fingerprint density at radius 1 is 1.59 bits per heavy atom. The number of aliphatic hydroxyl groups excluding tert-OH is 1. The standard InChI is InChI=1S/C12H21N3O2/c1-4-5-11(16)7-13-12(17)8-15-10(3)6-9(2)14-15/h6,11,16H,4-5,7-8H2,1-3H3,(H,13,17). The molecule has 1 aromatic rings. The van der Waals surface area contributed by atoms with Gasteiger partial charge in [0.05, 0.1) is 11.8 Å². The van der Waals surface area contributed by atoms with Crippen molar-refractivity contribution >= 4 is 5.91 Å². The van der Waals surface area contributed by atoms with Crippen LogP contribution in [0.5, 0.6) is 0 Å². The first kappa shape index (κ1) is 13.7. The number of aliphatic hydroxyl groups is 1. The second-order valence-electron chi connectivity index (χ2n) is 4.33. The van der Waals surface area contributed by atoms with Crippen LogP contribution < -0.4 is 5.32 Å². The zero-order chi connectivity index (χ0) is 12.8. The number of aryl methyl sites for hydroxylation is 2. The molecular weight excluding hydrogens is 218 g/mol. The second-order valence-corrected chi connectivity index (χ2v) is 4.33. The Balaban J connectivity index is 2.37. The average Bonchev–Trinajstić information content (AvgIpc) is 2.55. The minimum atomic E-state index is -0.454. The molecule has 1 amide bonds. The number of nitrogens with one attached hydrogen (secondary N) is 1. The van der Waals surface area contributed by atoms with Gasteiger partial charge in [-0.1, -0.05) is 13.3 Å². The van der Waals surface area contributed by atoms with Crippen molar-refractivity contribution in [3.63, 3.8) is 0 Å². The molecule has 1 aromatic heterocycles. The topological polar surface area (TPSA) is 67.2 Å². The lowest BCUT2D eigenvalue weighted by Crippen LogP contribution is -2.34. The number of hydrogen-bond donors (Lipinski definition) is 2. The Morgan fingerprint density at radius 2 is 2.29 bits per heavy atom. The van der Waals surface area contributed by atoms with Crippen LogP contribution in [0.3, 0.4) is 0 Å². The molecule has 0 radical (unpaired) electrons. The van der Waals surface area contributed by atoms with Gasteiger partial charge >= 0.3 is 0 Å². The summed E-state index contributed by atoms with van der Waals surface area (Å²) in [6.45, 7) is 6.33. The number of carbonyl (C=O) groups excluding carboxylic acids is 1. The molecule has 0 aromatic carbocycles. The lowest BCUT2D eigenvalue weighted by atomic mass is 10.2. The van der Waals surface area contributed by atoms with Gasteiger partial charge in [-0.2, -0.15) is 5.10 Å². The highest BCUT2D eigenvalue weighted by molar-refractivity contribution is 5.75. The number of amides is 1. The van der Waals surface area contributed by atoms with Crippen LogP contribution in [0.1, 0.15) is 31.2 Å².